The molecule has 0 aromatic carbocycles. The van der Waals surface area contributed by atoms with Crippen LogP contribution < -0.4 is 5.82 Å². The zero-order chi connectivity index (χ0) is 16.1. The molecule has 2 atom stereocenters. The fourth-order valence-electron chi connectivity index (χ4n) is 3.23. The van der Waals surface area contributed by atoms with Gasteiger partial charge < -0.3 is 8.83 Å². The van der Waals surface area contributed by atoms with Crippen molar-refractivity contribution in [3.63, 3.8) is 0 Å². The summed E-state index contributed by atoms with van der Waals surface area (Å²) in [7, 11) is 0. The van der Waals surface area contributed by atoms with Crippen molar-refractivity contribution in [2.24, 2.45) is 5.92 Å². The molecule has 2 rings (SSSR count). The molecule has 6 heteroatoms. The molecule has 1 aromatic rings. The number of likely N-dealkylation sites (tertiary alicyclic amines) is 1. The van der Waals surface area contributed by atoms with Crippen LogP contribution in [-0.2, 0) is 11.3 Å². The summed E-state index contributed by atoms with van der Waals surface area (Å²) in [4.78, 5) is 25.2. The van der Waals surface area contributed by atoms with E-state index in [0.717, 1.165) is 32.2 Å². The summed E-state index contributed by atoms with van der Waals surface area (Å²) in [5.41, 5.74) is 0. The Morgan fingerprint density at radius 2 is 2.09 bits per heavy atom. The molecule has 0 radical (unpaired) electrons. The van der Waals surface area contributed by atoms with Crippen molar-refractivity contribution in [3.8, 4) is 0 Å². The molecular formula is C16H24FNO4. The van der Waals surface area contributed by atoms with E-state index in [9.17, 15) is 14.0 Å². The third-order valence-electron chi connectivity index (χ3n) is 4.51. The molecule has 0 saturated carbocycles. The molecule has 1 fully saturated rings. The minimum Gasteiger partial charge on any atom is -0.396 e. The van der Waals surface area contributed by atoms with E-state index in [1.807, 2.05) is 0 Å². The topological polar surface area (TPSA) is 63.7 Å². The van der Waals surface area contributed by atoms with E-state index < -0.39 is 5.82 Å². The fourth-order valence-corrected chi connectivity index (χ4v) is 3.23. The van der Waals surface area contributed by atoms with Crippen LogP contribution in [0.25, 0.3) is 0 Å². The summed E-state index contributed by atoms with van der Waals surface area (Å²) in [5.74, 6) is 0.821. The van der Waals surface area contributed by atoms with Gasteiger partial charge in [-0.2, -0.15) is 0 Å². The predicted molar refractivity (Wildman–Crippen MR) is 79.4 cm³/mol. The van der Waals surface area contributed by atoms with E-state index in [-0.39, 0.29) is 18.5 Å². The summed E-state index contributed by atoms with van der Waals surface area (Å²) in [6.45, 7) is 4.14. The number of rotatable bonds is 6. The number of nitrogens with zero attached hydrogens (tertiary/aromatic N) is 1. The zero-order valence-electron chi connectivity index (χ0n) is 13.3. The molecule has 2 heterocycles. The van der Waals surface area contributed by atoms with Gasteiger partial charge in [-0.15, -0.1) is 0 Å². The van der Waals surface area contributed by atoms with Gasteiger partial charge in [-0.25, -0.2) is 4.79 Å². The molecule has 22 heavy (non-hydrogen) atoms. The van der Waals surface area contributed by atoms with Crippen LogP contribution in [0.2, 0.25) is 0 Å². The molecule has 1 saturated heterocycles. The number of alkyl halides is 1. The minimum atomic E-state index is -0.706. The van der Waals surface area contributed by atoms with Gasteiger partial charge in [0.2, 0.25) is 0 Å². The normalized spacial score (nSPS) is 23.4. The van der Waals surface area contributed by atoms with Crippen LogP contribution >= 0.6 is 0 Å². The summed E-state index contributed by atoms with van der Waals surface area (Å²) in [6.07, 6.45) is 4.10. The maximum atomic E-state index is 12.3. The van der Waals surface area contributed by atoms with Gasteiger partial charge in [0.1, 0.15) is 11.5 Å². The lowest BCUT2D eigenvalue weighted by atomic mass is 9.94. The van der Waals surface area contributed by atoms with Gasteiger partial charge in [0, 0.05) is 0 Å². The highest BCUT2D eigenvalue weighted by Crippen LogP contribution is 2.27. The van der Waals surface area contributed by atoms with Gasteiger partial charge in [0.05, 0.1) is 19.3 Å². The van der Waals surface area contributed by atoms with E-state index in [1.165, 1.54) is 0 Å². The fraction of sp³-hybridized carbons (Fsp3) is 0.750. The first-order valence-corrected chi connectivity index (χ1v) is 7.91. The third kappa shape index (κ3) is 4.29. The first-order valence-electron chi connectivity index (χ1n) is 7.91. The highest BCUT2D eigenvalue weighted by atomic mass is 19.1. The van der Waals surface area contributed by atoms with Crippen LogP contribution in [0.5, 0.6) is 0 Å². The molecule has 1 aliphatic heterocycles. The Labute approximate surface area is 129 Å². The van der Waals surface area contributed by atoms with Gasteiger partial charge >= 0.3 is 5.82 Å². The molecule has 0 unspecified atom stereocenters. The van der Waals surface area contributed by atoms with E-state index in [4.69, 9.17) is 8.83 Å². The number of hydrogen-bond acceptors (Lipinski definition) is 5. The molecular weight excluding hydrogens is 289 g/mol. The first-order chi connectivity index (χ1) is 10.5. The molecule has 0 N–H and O–H groups in total. The van der Waals surface area contributed by atoms with E-state index >= 15 is 0 Å². The number of aryl methyl sites for hydroxylation is 1. The van der Waals surface area contributed by atoms with Crippen LogP contribution in [0.1, 0.15) is 50.5 Å². The number of carbonyl (C=O) groups is 1. The maximum Gasteiger partial charge on any atom is 0.519 e. The van der Waals surface area contributed by atoms with E-state index in [0.29, 0.717) is 30.4 Å². The van der Waals surface area contributed by atoms with Gasteiger partial charge in [0.15, 0.2) is 5.76 Å². The molecule has 0 amide bonds. The summed E-state index contributed by atoms with van der Waals surface area (Å²) < 4.78 is 22.3. The zero-order valence-corrected chi connectivity index (χ0v) is 13.3. The smallest absolute Gasteiger partial charge is 0.396 e. The second-order valence-corrected chi connectivity index (χ2v) is 6.09. The van der Waals surface area contributed by atoms with E-state index in [1.54, 1.807) is 13.8 Å². The second kappa shape index (κ2) is 7.72. The highest BCUT2D eigenvalue weighted by Gasteiger charge is 2.29. The number of hydrogen-bond donors (Lipinski definition) is 0. The Kier molecular flexibility index (Phi) is 5.94. The molecule has 124 valence electrons. The molecule has 0 aliphatic carbocycles. The van der Waals surface area contributed by atoms with Gasteiger partial charge in [0.25, 0.3) is 0 Å². The highest BCUT2D eigenvalue weighted by molar-refractivity contribution is 5.81. The van der Waals surface area contributed by atoms with Crippen LogP contribution in [0.4, 0.5) is 4.39 Å². The average Bonchev–Trinajstić information content (AvgIpc) is 2.67. The van der Waals surface area contributed by atoms with Crippen molar-refractivity contribution >= 4 is 5.78 Å². The summed E-state index contributed by atoms with van der Waals surface area (Å²) >= 11 is 0. The monoisotopic (exact) mass is 313 g/mol. The van der Waals surface area contributed by atoms with Gasteiger partial charge in [-0.05, 0) is 58.4 Å². The molecule has 0 spiro atoms. The minimum absolute atomic E-state index is 0.120. The number of ketones is 1. The van der Waals surface area contributed by atoms with Crippen molar-refractivity contribution in [3.05, 3.63) is 22.1 Å². The Hall–Kier alpha value is -1.43. The Bertz CT molecular complexity index is 551. The lowest BCUT2D eigenvalue weighted by molar-refractivity contribution is -0.122. The second-order valence-electron chi connectivity index (χ2n) is 6.09. The van der Waals surface area contributed by atoms with Crippen LogP contribution in [0.3, 0.4) is 0 Å². The first kappa shape index (κ1) is 16.9. The number of carbonyl (C=O) groups excluding carboxylic acids is 1. The SMILES string of the molecule is CC(=O)[C@@H]1CC[C@H](CCCF)CCN1Cc1oc(=O)oc1C. The number of Topliss-reactive ketones (excluding diaryl/α,β-unsaturated/α-hetero) is 1. The summed E-state index contributed by atoms with van der Waals surface area (Å²) in [5, 5.41) is 0. The average molecular weight is 313 g/mol. The van der Waals surface area contributed by atoms with Crippen molar-refractivity contribution in [2.75, 3.05) is 13.2 Å². The lowest BCUT2D eigenvalue weighted by Crippen LogP contribution is -2.39. The standard InChI is InChI=1S/C16H24FNO4/c1-11(19)14-6-5-13(4-3-8-17)7-9-18(14)10-15-12(2)21-16(20)22-15/h13-14H,3-10H2,1-2H3/t13-,14-/m0/s1. The maximum absolute atomic E-state index is 12.3. The third-order valence-corrected chi connectivity index (χ3v) is 4.51. The largest absolute Gasteiger partial charge is 0.519 e. The molecule has 1 aromatic heterocycles. The lowest BCUT2D eigenvalue weighted by Gasteiger charge is -2.26. The predicted octanol–water partition coefficient (Wildman–Crippen LogP) is 2.85. The van der Waals surface area contributed by atoms with E-state index in [2.05, 4.69) is 4.90 Å². The van der Waals surface area contributed by atoms with Gasteiger partial charge in [-0.3, -0.25) is 14.1 Å². The molecule has 1 aliphatic rings. The molecule has 0 bridgehead atoms. The van der Waals surface area contributed by atoms with Crippen molar-refractivity contribution in [1.82, 2.24) is 4.90 Å². The van der Waals surface area contributed by atoms with Crippen LogP contribution in [0, 0.1) is 12.8 Å². The Balaban J connectivity index is 2.07. The summed E-state index contributed by atoms with van der Waals surface area (Å²) in [6, 6.07) is -0.171. The Morgan fingerprint density at radius 1 is 1.32 bits per heavy atom. The van der Waals surface area contributed by atoms with Crippen molar-refractivity contribution in [2.45, 2.75) is 58.5 Å². The van der Waals surface area contributed by atoms with Crippen LogP contribution in [-0.4, -0.2) is 29.9 Å². The van der Waals surface area contributed by atoms with Gasteiger partial charge in [-0.1, -0.05) is 0 Å². The quantitative estimate of drug-likeness (QED) is 0.808. The number of halogens is 1. The van der Waals surface area contributed by atoms with Crippen molar-refractivity contribution in [1.29, 1.82) is 0 Å². The Morgan fingerprint density at radius 3 is 2.68 bits per heavy atom. The van der Waals surface area contributed by atoms with Crippen LogP contribution in [0.15, 0.2) is 13.6 Å². The van der Waals surface area contributed by atoms with Crippen molar-refractivity contribution < 1.29 is 18.0 Å². The molecule has 5 nitrogen and oxygen atoms in total.